The van der Waals surface area contributed by atoms with Crippen LogP contribution in [0, 0.1) is 6.92 Å². The Kier molecular flexibility index (Phi) is 5.15. The van der Waals surface area contributed by atoms with Crippen molar-refractivity contribution in [1.29, 1.82) is 0 Å². The van der Waals surface area contributed by atoms with E-state index >= 15 is 0 Å². The van der Waals surface area contributed by atoms with E-state index in [9.17, 15) is 13.2 Å². The minimum atomic E-state index is -3.73. The molecule has 1 atom stereocenters. The first-order chi connectivity index (χ1) is 10.8. The zero-order valence-corrected chi connectivity index (χ0v) is 14.1. The van der Waals surface area contributed by atoms with Crippen LogP contribution in [-0.2, 0) is 26.8 Å². The van der Waals surface area contributed by atoms with E-state index in [1.54, 1.807) is 19.1 Å². The molecule has 2 aromatic rings. The molecule has 0 aliphatic carbocycles. The molecule has 0 radical (unpaired) electrons. The van der Waals surface area contributed by atoms with Gasteiger partial charge in [-0.3, -0.25) is 4.79 Å². The highest BCUT2D eigenvalue weighted by Gasteiger charge is 2.29. The Balaban J connectivity index is 2.05. The van der Waals surface area contributed by atoms with Gasteiger partial charge in [0, 0.05) is 12.6 Å². The van der Waals surface area contributed by atoms with Crippen LogP contribution in [0.5, 0.6) is 0 Å². The van der Waals surface area contributed by atoms with Gasteiger partial charge in [-0.25, -0.2) is 8.42 Å². The molecular weight excluding hydrogens is 318 g/mol. The van der Waals surface area contributed by atoms with Crippen LogP contribution >= 0.6 is 0 Å². The van der Waals surface area contributed by atoms with Crippen LogP contribution in [0.2, 0.25) is 0 Å². The summed E-state index contributed by atoms with van der Waals surface area (Å²) >= 11 is 0. The fourth-order valence-electron chi connectivity index (χ4n) is 1.94. The third-order valence-corrected chi connectivity index (χ3v) is 5.39. The summed E-state index contributed by atoms with van der Waals surface area (Å²) in [6.45, 7) is 4.94. The number of anilines is 1. The van der Waals surface area contributed by atoms with E-state index in [0.29, 0.717) is 5.69 Å². The molecule has 0 saturated heterocycles. The molecule has 7 nitrogen and oxygen atoms in total. The number of hydrogen-bond acceptors (Lipinski definition) is 6. The van der Waals surface area contributed by atoms with Gasteiger partial charge in [0.25, 0.3) is 0 Å². The van der Waals surface area contributed by atoms with E-state index in [4.69, 9.17) is 4.52 Å². The van der Waals surface area contributed by atoms with Crippen molar-refractivity contribution in [3.63, 3.8) is 0 Å². The highest BCUT2D eigenvalue weighted by atomic mass is 32.2. The minimum absolute atomic E-state index is 0.0504. The molecule has 0 unspecified atom stereocenters. The van der Waals surface area contributed by atoms with E-state index in [2.05, 4.69) is 15.5 Å². The Morgan fingerprint density at radius 2 is 1.96 bits per heavy atom. The number of sulfone groups is 1. The van der Waals surface area contributed by atoms with E-state index in [1.807, 2.05) is 19.1 Å². The van der Waals surface area contributed by atoms with E-state index in [1.165, 1.54) is 6.92 Å². The summed E-state index contributed by atoms with van der Waals surface area (Å²) in [4.78, 5) is 16.0. The quantitative estimate of drug-likeness (QED) is 0.863. The fourth-order valence-corrected chi connectivity index (χ4v) is 3.05. The Morgan fingerprint density at radius 3 is 2.48 bits per heavy atom. The van der Waals surface area contributed by atoms with Gasteiger partial charge in [-0.2, -0.15) is 4.98 Å². The first-order valence-electron chi connectivity index (χ1n) is 7.22. The average Bonchev–Trinajstić information content (AvgIpc) is 2.91. The molecule has 1 N–H and O–H groups in total. The third kappa shape index (κ3) is 4.38. The maximum absolute atomic E-state index is 12.3. The van der Waals surface area contributed by atoms with Crippen LogP contribution in [0.4, 0.5) is 5.69 Å². The molecule has 1 aromatic heterocycles. The maximum atomic E-state index is 12.3. The van der Waals surface area contributed by atoms with Gasteiger partial charge in [-0.1, -0.05) is 24.2 Å². The molecule has 124 valence electrons. The second-order valence-electron chi connectivity index (χ2n) is 5.22. The Bertz CT molecular complexity index is 781. The lowest BCUT2D eigenvalue weighted by molar-refractivity contribution is -0.115. The van der Waals surface area contributed by atoms with E-state index < -0.39 is 26.7 Å². The molecule has 0 bridgehead atoms. The van der Waals surface area contributed by atoms with Gasteiger partial charge in [0.1, 0.15) is 11.0 Å². The van der Waals surface area contributed by atoms with Crippen LogP contribution < -0.4 is 5.32 Å². The lowest BCUT2D eigenvalue weighted by atomic mass is 10.1. The topological polar surface area (TPSA) is 102 Å². The molecule has 0 saturated carbocycles. The van der Waals surface area contributed by atoms with E-state index in [0.717, 1.165) is 12.0 Å². The molecule has 8 heteroatoms. The molecule has 0 aliphatic heterocycles. The number of carbonyl (C=O) groups is 1. The smallest absolute Gasteiger partial charge is 0.242 e. The summed E-state index contributed by atoms with van der Waals surface area (Å²) in [7, 11) is -3.73. The number of nitrogens with zero attached hydrogens (tertiary/aromatic N) is 2. The number of hydrogen-bond donors (Lipinski definition) is 1. The predicted octanol–water partition coefficient (Wildman–Crippen LogP) is 1.88. The first-order valence-corrected chi connectivity index (χ1v) is 8.94. The normalized spacial score (nSPS) is 12.8. The van der Waals surface area contributed by atoms with Gasteiger partial charge in [0.2, 0.25) is 11.8 Å². The highest BCUT2D eigenvalue weighted by Crippen LogP contribution is 2.14. The van der Waals surface area contributed by atoms with Gasteiger partial charge in [0.05, 0.1) is 0 Å². The number of rotatable bonds is 6. The van der Waals surface area contributed by atoms with Crippen molar-refractivity contribution < 1.29 is 17.7 Å². The Labute approximate surface area is 135 Å². The van der Waals surface area contributed by atoms with Crippen molar-refractivity contribution in [2.75, 3.05) is 5.32 Å². The molecule has 1 aromatic carbocycles. The lowest BCUT2D eigenvalue weighted by Gasteiger charge is -2.12. The number of aryl methyl sites for hydroxylation is 2. The number of aromatic nitrogens is 2. The van der Waals surface area contributed by atoms with Crippen LogP contribution in [0.15, 0.2) is 28.8 Å². The minimum Gasteiger partial charge on any atom is -0.340 e. The van der Waals surface area contributed by atoms with E-state index in [-0.39, 0.29) is 11.7 Å². The van der Waals surface area contributed by atoms with Crippen molar-refractivity contribution in [3.8, 4) is 0 Å². The van der Waals surface area contributed by atoms with Crippen LogP contribution in [-0.4, -0.2) is 29.7 Å². The van der Waals surface area contributed by atoms with Crippen molar-refractivity contribution in [3.05, 3.63) is 41.5 Å². The zero-order valence-electron chi connectivity index (χ0n) is 13.2. The summed E-state index contributed by atoms with van der Waals surface area (Å²) in [6, 6.07) is 7.27. The lowest BCUT2D eigenvalue weighted by Crippen LogP contribution is -2.33. The van der Waals surface area contributed by atoms with Gasteiger partial charge in [0.15, 0.2) is 15.7 Å². The summed E-state index contributed by atoms with van der Waals surface area (Å²) in [5, 5.41) is 4.94. The van der Waals surface area contributed by atoms with Gasteiger partial charge < -0.3 is 9.84 Å². The second kappa shape index (κ2) is 6.91. The molecule has 2 rings (SSSR count). The monoisotopic (exact) mass is 337 g/mol. The van der Waals surface area contributed by atoms with Crippen molar-refractivity contribution in [2.24, 2.45) is 0 Å². The van der Waals surface area contributed by atoms with Crippen molar-refractivity contribution >= 4 is 21.4 Å². The van der Waals surface area contributed by atoms with Crippen LogP contribution in [0.25, 0.3) is 0 Å². The number of benzene rings is 1. The number of amides is 1. The Hall–Kier alpha value is -2.22. The standard InChI is InChI=1S/C15H19N3O4S/c1-4-12-5-7-13(8-6-12)17-15(19)10(2)23(20,21)9-14-16-11(3)22-18-14/h5-8,10H,4,9H2,1-3H3,(H,17,19)/t10-/m0/s1. The molecule has 0 aliphatic rings. The van der Waals surface area contributed by atoms with Crippen molar-refractivity contribution in [2.45, 2.75) is 38.2 Å². The molecule has 0 fully saturated rings. The van der Waals surface area contributed by atoms with Gasteiger partial charge in [-0.15, -0.1) is 0 Å². The fraction of sp³-hybridized carbons (Fsp3) is 0.400. The predicted molar refractivity (Wildman–Crippen MR) is 85.6 cm³/mol. The summed E-state index contributed by atoms with van der Waals surface area (Å²) < 4.78 is 29.3. The van der Waals surface area contributed by atoms with Gasteiger partial charge >= 0.3 is 0 Å². The SMILES string of the molecule is CCc1ccc(NC(=O)[C@H](C)S(=O)(=O)Cc2noc(C)n2)cc1. The van der Waals surface area contributed by atoms with Crippen LogP contribution in [0.1, 0.15) is 31.1 Å². The van der Waals surface area contributed by atoms with Crippen LogP contribution in [0.3, 0.4) is 0 Å². The summed E-state index contributed by atoms with van der Waals surface area (Å²) in [5.74, 6) is -0.694. The Morgan fingerprint density at radius 1 is 1.30 bits per heavy atom. The molecule has 0 spiro atoms. The molecule has 1 heterocycles. The third-order valence-electron chi connectivity index (χ3n) is 3.44. The van der Waals surface area contributed by atoms with Gasteiger partial charge in [-0.05, 0) is 31.0 Å². The number of carbonyl (C=O) groups excluding carboxylic acids is 1. The summed E-state index contributed by atoms with van der Waals surface area (Å²) in [6.07, 6.45) is 0.892. The summed E-state index contributed by atoms with van der Waals surface area (Å²) in [5.41, 5.74) is 1.70. The maximum Gasteiger partial charge on any atom is 0.242 e. The second-order valence-corrected chi connectivity index (χ2v) is 7.54. The molecule has 23 heavy (non-hydrogen) atoms. The largest absolute Gasteiger partial charge is 0.340 e. The zero-order chi connectivity index (χ0) is 17.0. The highest BCUT2D eigenvalue weighted by molar-refractivity contribution is 7.92. The van der Waals surface area contributed by atoms with Crippen molar-refractivity contribution in [1.82, 2.24) is 10.1 Å². The number of nitrogens with one attached hydrogen (secondary N) is 1. The molecule has 1 amide bonds. The average molecular weight is 337 g/mol. The molecular formula is C15H19N3O4S. The first kappa shape index (κ1) is 17.1.